The van der Waals surface area contributed by atoms with Crippen molar-refractivity contribution in [2.75, 3.05) is 18.8 Å². The molecule has 0 spiro atoms. The molecular formula is C14H27NO2S. The first-order valence-electron chi connectivity index (χ1n) is 7.24. The van der Waals surface area contributed by atoms with Crippen LogP contribution in [0.3, 0.4) is 0 Å². The summed E-state index contributed by atoms with van der Waals surface area (Å²) in [4.78, 5) is 0. The van der Waals surface area contributed by atoms with Crippen molar-refractivity contribution < 1.29 is 8.42 Å². The van der Waals surface area contributed by atoms with E-state index in [-0.39, 0.29) is 5.75 Å². The Morgan fingerprint density at radius 2 is 1.61 bits per heavy atom. The molecule has 0 unspecified atom stereocenters. The maximum atomic E-state index is 11.9. The van der Waals surface area contributed by atoms with E-state index in [1.807, 2.05) is 0 Å². The molecule has 0 aromatic carbocycles. The Bertz CT molecular complexity index is 363. The van der Waals surface area contributed by atoms with Crippen molar-refractivity contribution in [1.82, 2.24) is 5.32 Å². The molecule has 2 fully saturated rings. The van der Waals surface area contributed by atoms with Crippen LogP contribution in [0.4, 0.5) is 0 Å². The van der Waals surface area contributed by atoms with E-state index in [1.54, 1.807) is 20.8 Å². The normalized spacial score (nSPS) is 21.6. The molecule has 2 aliphatic carbocycles. The smallest absolute Gasteiger partial charge is 0.156 e. The van der Waals surface area contributed by atoms with Crippen LogP contribution in [-0.4, -0.2) is 32.0 Å². The fraction of sp³-hybridized carbons (Fsp3) is 1.00. The maximum absolute atomic E-state index is 11.9. The van der Waals surface area contributed by atoms with E-state index in [9.17, 15) is 8.42 Å². The van der Waals surface area contributed by atoms with Gasteiger partial charge in [0.2, 0.25) is 0 Å². The summed E-state index contributed by atoms with van der Waals surface area (Å²) < 4.78 is 23.3. The van der Waals surface area contributed by atoms with Gasteiger partial charge in [0, 0.05) is 6.54 Å². The van der Waals surface area contributed by atoms with E-state index < -0.39 is 14.6 Å². The van der Waals surface area contributed by atoms with E-state index in [1.165, 1.54) is 25.7 Å². The van der Waals surface area contributed by atoms with Crippen molar-refractivity contribution in [3.8, 4) is 0 Å². The summed E-state index contributed by atoms with van der Waals surface area (Å²) in [6.45, 7) is 6.96. The second-order valence-electron chi connectivity index (χ2n) is 6.97. The Balaban J connectivity index is 1.69. The van der Waals surface area contributed by atoms with Crippen molar-refractivity contribution in [2.24, 2.45) is 17.8 Å². The van der Waals surface area contributed by atoms with Gasteiger partial charge in [0.05, 0.1) is 10.5 Å². The van der Waals surface area contributed by atoms with Gasteiger partial charge in [0.15, 0.2) is 9.84 Å². The Labute approximate surface area is 112 Å². The van der Waals surface area contributed by atoms with Gasteiger partial charge in [-0.25, -0.2) is 8.42 Å². The van der Waals surface area contributed by atoms with Crippen LogP contribution in [0, 0.1) is 17.8 Å². The monoisotopic (exact) mass is 273 g/mol. The molecule has 0 aromatic rings. The fourth-order valence-electron chi connectivity index (χ4n) is 2.55. The molecule has 2 aliphatic rings. The molecule has 0 bridgehead atoms. The number of hydrogen-bond donors (Lipinski definition) is 1. The fourth-order valence-corrected chi connectivity index (χ4v) is 3.57. The molecule has 18 heavy (non-hydrogen) atoms. The molecule has 1 N–H and O–H groups in total. The summed E-state index contributed by atoms with van der Waals surface area (Å²) >= 11 is 0. The minimum absolute atomic E-state index is 0.262. The van der Waals surface area contributed by atoms with E-state index in [0.717, 1.165) is 24.3 Å². The highest BCUT2D eigenvalue weighted by molar-refractivity contribution is 7.92. The van der Waals surface area contributed by atoms with Gasteiger partial charge < -0.3 is 5.32 Å². The second kappa shape index (κ2) is 5.12. The highest BCUT2D eigenvalue weighted by Gasteiger charge is 2.40. The number of hydrogen-bond acceptors (Lipinski definition) is 3. The van der Waals surface area contributed by atoms with Crippen molar-refractivity contribution in [3.63, 3.8) is 0 Å². The van der Waals surface area contributed by atoms with Gasteiger partial charge in [-0.15, -0.1) is 0 Å². The van der Waals surface area contributed by atoms with E-state index in [4.69, 9.17) is 0 Å². The summed E-state index contributed by atoms with van der Waals surface area (Å²) in [6.07, 6.45) is 5.57. The third-order valence-corrected chi connectivity index (χ3v) is 6.92. The Morgan fingerprint density at radius 1 is 1.11 bits per heavy atom. The lowest BCUT2D eigenvalue weighted by molar-refractivity contribution is 0.383. The van der Waals surface area contributed by atoms with Crippen LogP contribution in [-0.2, 0) is 9.84 Å². The van der Waals surface area contributed by atoms with Gasteiger partial charge in [-0.3, -0.25) is 0 Å². The molecule has 0 atom stereocenters. The first kappa shape index (κ1) is 14.3. The van der Waals surface area contributed by atoms with Crippen LogP contribution in [0.15, 0.2) is 0 Å². The SMILES string of the molecule is CC(C)(C)S(=O)(=O)CCNCC(C1CC1)C1CC1. The number of nitrogens with one attached hydrogen (secondary N) is 1. The maximum Gasteiger partial charge on any atom is 0.156 e. The molecule has 2 saturated carbocycles. The molecule has 4 heteroatoms. The number of sulfone groups is 1. The van der Waals surface area contributed by atoms with Gasteiger partial charge in [0.1, 0.15) is 0 Å². The molecule has 0 aliphatic heterocycles. The highest BCUT2D eigenvalue weighted by atomic mass is 32.2. The zero-order valence-electron chi connectivity index (χ0n) is 11.9. The van der Waals surface area contributed by atoms with E-state index in [2.05, 4.69) is 5.32 Å². The van der Waals surface area contributed by atoms with Gasteiger partial charge >= 0.3 is 0 Å². The second-order valence-corrected chi connectivity index (χ2v) is 9.84. The summed E-state index contributed by atoms with van der Waals surface area (Å²) in [7, 11) is -2.97. The average Bonchev–Trinajstić information content (AvgIpc) is 3.10. The zero-order valence-corrected chi connectivity index (χ0v) is 12.7. The summed E-state index contributed by atoms with van der Waals surface area (Å²) in [5.41, 5.74) is 0. The van der Waals surface area contributed by atoms with E-state index >= 15 is 0 Å². The minimum Gasteiger partial charge on any atom is -0.315 e. The third-order valence-electron chi connectivity index (χ3n) is 4.32. The molecule has 0 heterocycles. The predicted octanol–water partition coefficient (Wildman–Crippen LogP) is 2.23. The molecule has 3 nitrogen and oxygen atoms in total. The Kier molecular flexibility index (Phi) is 4.07. The molecular weight excluding hydrogens is 246 g/mol. The topological polar surface area (TPSA) is 46.2 Å². The van der Waals surface area contributed by atoms with Gasteiger partial charge in [-0.2, -0.15) is 0 Å². The van der Waals surface area contributed by atoms with Gasteiger partial charge in [0.25, 0.3) is 0 Å². The lowest BCUT2D eigenvalue weighted by atomic mass is 9.98. The summed E-state index contributed by atoms with van der Waals surface area (Å²) in [5.74, 6) is 2.95. The average molecular weight is 273 g/mol. The van der Waals surface area contributed by atoms with Crippen molar-refractivity contribution in [1.29, 1.82) is 0 Å². The van der Waals surface area contributed by atoms with Crippen LogP contribution in [0.25, 0.3) is 0 Å². The first-order valence-corrected chi connectivity index (χ1v) is 8.89. The van der Waals surface area contributed by atoms with Crippen LogP contribution in [0.2, 0.25) is 0 Å². The lowest BCUT2D eigenvalue weighted by Crippen LogP contribution is -2.36. The van der Waals surface area contributed by atoms with E-state index in [0.29, 0.717) is 6.54 Å². The highest BCUT2D eigenvalue weighted by Crippen LogP contribution is 2.48. The summed E-state index contributed by atoms with van der Waals surface area (Å²) in [6, 6.07) is 0. The standard InChI is InChI=1S/C14H27NO2S/c1-14(2,3)18(16,17)9-8-15-10-13(11-4-5-11)12-6-7-12/h11-13,15H,4-10H2,1-3H3. The molecule has 0 amide bonds. The van der Waals surface area contributed by atoms with Crippen molar-refractivity contribution in [3.05, 3.63) is 0 Å². The van der Waals surface area contributed by atoms with Crippen molar-refractivity contribution in [2.45, 2.75) is 51.2 Å². The zero-order chi connectivity index (χ0) is 13.4. The molecule has 2 rings (SSSR count). The Hall–Kier alpha value is -0.0900. The summed E-state index contributed by atoms with van der Waals surface area (Å²) in [5, 5.41) is 3.38. The number of rotatable bonds is 7. The minimum atomic E-state index is -2.97. The van der Waals surface area contributed by atoms with Crippen molar-refractivity contribution >= 4 is 9.84 Å². The molecule has 0 saturated heterocycles. The van der Waals surface area contributed by atoms with Gasteiger partial charge in [-0.1, -0.05) is 0 Å². The lowest BCUT2D eigenvalue weighted by Gasteiger charge is -2.20. The van der Waals surface area contributed by atoms with Crippen LogP contribution in [0.5, 0.6) is 0 Å². The van der Waals surface area contributed by atoms with Crippen LogP contribution < -0.4 is 5.32 Å². The van der Waals surface area contributed by atoms with Crippen LogP contribution in [0.1, 0.15) is 46.5 Å². The molecule has 106 valence electrons. The predicted molar refractivity (Wildman–Crippen MR) is 75.3 cm³/mol. The third kappa shape index (κ3) is 3.70. The first-order chi connectivity index (χ1) is 8.31. The quantitative estimate of drug-likeness (QED) is 0.724. The molecule has 0 aromatic heterocycles. The largest absolute Gasteiger partial charge is 0.315 e. The van der Waals surface area contributed by atoms with Crippen LogP contribution >= 0.6 is 0 Å². The molecule has 0 radical (unpaired) electrons. The van der Waals surface area contributed by atoms with Gasteiger partial charge in [-0.05, 0) is 70.8 Å². The Morgan fingerprint density at radius 3 is 2.00 bits per heavy atom.